The number of aliphatic hydroxyl groups excluding tert-OH is 1. The van der Waals surface area contributed by atoms with Gasteiger partial charge in [-0.2, -0.15) is 0 Å². The highest BCUT2D eigenvalue weighted by Gasteiger charge is 2.32. The van der Waals surface area contributed by atoms with Crippen LogP contribution in [-0.2, 0) is 0 Å². The SMILES string of the molecule is CC1CCNCC(CCO)N1C1CCCC1. The van der Waals surface area contributed by atoms with Crippen molar-refractivity contribution in [3.05, 3.63) is 0 Å². The summed E-state index contributed by atoms with van der Waals surface area (Å²) in [6.07, 6.45) is 7.70. The zero-order valence-corrected chi connectivity index (χ0v) is 10.5. The van der Waals surface area contributed by atoms with Gasteiger partial charge in [0.25, 0.3) is 0 Å². The summed E-state index contributed by atoms with van der Waals surface area (Å²) in [6, 6.07) is 2.01. The van der Waals surface area contributed by atoms with Crippen molar-refractivity contribution < 1.29 is 5.11 Å². The Morgan fingerprint density at radius 3 is 2.69 bits per heavy atom. The van der Waals surface area contributed by atoms with Crippen molar-refractivity contribution in [1.82, 2.24) is 10.2 Å². The molecule has 2 N–H and O–H groups in total. The molecule has 2 aliphatic rings. The summed E-state index contributed by atoms with van der Waals surface area (Å²) >= 11 is 0. The lowest BCUT2D eigenvalue weighted by atomic mass is 10.0. The minimum absolute atomic E-state index is 0.322. The molecule has 16 heavy (non-hydrogen) atoms. The van der Waals surface area contributed by atoms with Crippen LogP contribution < -0.4 is 5.32 Å². The fourth-order valence-electron chi connectivity index (χ4n) is 3.45. The number of aliphatic hydroxyl groups is 1. The molecule has 0 spiro atoms. The van der Waals surface area contributed by atoms with Crippen molar-refractivity contribution >= 4 is 0 Å². The second-order valence-electron chi connectivity index (χ2n) is 5.39. The van der Waals surface area contributed by atoms with Crippen molar-refractivity contribution in [3.8, 4) is 0 Å². The van der Waals surface area contributed by atoms with E-state index in [1.54, 1.807) is 0 Å². The van der Waals surface area contributed by atoms with E-state index in [0.29, 0.717) is 18.7 Å². The number of rotatable bonds is 3. The van der Waals surface area contributed by atoms with Crippen molar-refractivity contribution in [3.63, 3.8) is 0 Å². The van der Waals surface area contributed by atoms with Gasteiger partial charge in [0.1, 0.15) is 0 Å². The average molecular weight is 226 g/mol. The van der Waals surface area contributed by atoms with Crippen LogP contribution in [-0.4, -0.2) is 47.8 Å². The fourth-order valence-corrected chi connectivity index (χ4v) is 3.45. The number of hydrogen-bond donors (Lipinski definition) is 2. The summed E-state index contributed by atoms with van der Waals surface area (Å²) in [4.78, 5) is 2.71. The second kappa shape index (κ2) is 5.99. The summed E-state index contributed by atoms with van der Waals surface area (Å²) in [5.41, 5.74) is 0. The summed E-state index contributed by atoms with van der Waals surface area (Å²) in [6.45, 7) is 4.87. The van der Waals surface area contributed by atoms with Crippen LogP contribution >= 0.6 is 0 Å². The van der Waals surface area contributed by atoms with Crippen molar-refractivity contribution in [2.75, 3.05) is 19.7 Å². The quantitative estimate of drug-likeness (QED) is 0.763. The van der Waals surface area contributed by atoms with Gasteiger partial charge in [-0.05, 0) is 39.2 Å². The molecule has 0 amide bonds. The molecule has 0 bridgehead atoms. The van der Waals surface area contributed by atoms with Gasteiger partial charge in [0, 0.05) is 31.3 Å². The molecule has 2 fully saturated rings. The Labute approximate surface area is 99.2 Å². The van der Waals surface area contributed by atoms with Crippen LogP contribution in [0.3, 0.4) is 0 Å². The first-order valence-electron chi connectivity index (χ1n) is 6.92. The highest BCUT2D eigenvalue weighted by atomic mass is 16.3. The van der Waals surface area contributed by atoms with Gasteiger partial charge in [-0.1, -0.05) is 12.8 Å². The predicted octanol–water partition coefficient (Wildman–Crippen LogP) is 1.36. The van der Waals surface area contributed by atoms with Gasteiger partial charge in [0.15, 0.2) is 0 Å². The third kappa shape index (κ3) is 2.76. The topological polar surface area (TPSA) is 35.5 Å². The van der Waals surface area contributed by atoms with Gasteiger partial charge >= 0.3 is 0 Å². The van der Waals surface area contributed by atoms with E-state index < -0.39 is 0 Å². The maximum Gasteiger partial charge on any atom is 0.0446 e. The van der Waals surface area contributed by atoms with Gasteiger partial charge in [-0.3, -0.25) is 4.90 Å². The van der Waals surface area contributed by atoms with Crippen LogP contribution in [0.4, 0.5) is 0 Å². The van der Waals surface area contributed by atoms with Crippen molar-refractivity contribution in [2.45, 2.75) is 63.6 Å². The first-order valence-corrected chi connectivity index (χ1v) is 6.92. The van der Waals surface area contributed by atoms with Crippen molar-refractivity contribution in [1.29, 1.82) is 0 Å². The Bertz CT molecular complexity index is 204. The predicted molar refractivity (Wildman–Crippen MR) is 66.5 cm³/mol. The summed E-state index contributed by atoms with van der Waals surface area (Å²) in [5.74, 6) is 0. The fraction of sp³-hybridized carbons (Fsp3) is 1.00. The first kappa shape index (κ1) is 12.3. The molecule has 2 atom stereocenters. The Hall–Kier alpha value is -0.120. The van der Waals surface area contributed by atoms with Crippen LogP contribution in [0, 0.1) is 0 Å². The van der Waals surface area contributed by atoms with Crippen LogP contribution in [0.5, 0.6) is 0 Å². The molecule has 2 unspecified atom stereocenters. The molecule has 1 heterocycles. The molecule has 0 aromatic carbocycles. The van der Waals surface area contributed by atoms with Crippen molar-refractivity contribution in [2.24, 2.45) is 0 Å². The van der Waals surface area contributed by atoms with E-state index in [4.69, 9.17) is 0 Å². The highest BCUT2D eigenvalue weighted by Crippen LogP contribution is 2.29. The molecule has 2 rings (SSSR count). The Balaban J connectivity index is 2.04. The van der Waals surface area contributed by atoms with E-state index in [1.165, 1.54) is 32.1 Å². The molecule has 0 aromatic heterocycles. The third-order valence-electron chi connectivity index (χ3n) is 4.26. The monoisotopic (exact) mass is 226 g/mol. The largest absolute Gasteiger partial charge is 0.396 e. The lowest BCUT2D eigenvalue weighted by Gasteiger charge is -2.39. The second-order valence-corrected chi connectivity index (χ2v) is 5.39. The number of nitrogens with zero attached hydrogens (tertiary/aromatic N) is 1. The van der Waals surface area contributed by atoms with E-state index in [-0.39, 0.29) is 0 Å². The molecule has 1 aliphatic carbocycles. The summed E-state index contributed by atoms with van der Waals surface area (Å²) in [5, 5.41) is 12.7. The Kier molecular flexibility index (Phi) is 4.62. The third-order valence-corrected chi connectivity index (χ3v) is 4.26. The maximum atomic E-state index is 9.20. The molecular weight excluding hydrogens is 200 g/mol. The first-order chi connectivity index (χ1) is 7.83. The van der Waals surface area contributed by atoms with Crippen LogP contribution in [0.2, 0.25) is 0 Å². The minimum atomic E-state index is 0.322. The minimum Gasteiger partial charge on any atom is -0.396 e. The van der Waals surface area contributed by atoms with E-state index in [1.807, 2.05) is 0 Å². The van der Waals surface area contributed by atoms with Gasteiger partial charge in [-0.15, -0.1) is 0 Å². The van der Waals surface area contributed by atoms with Gasteiger partial charge in [0.2, 0.25) is 0 Å². The molecule has 1 saturated carbocycles. The Morgan fingerprint density at radius 2 is 2.00 bits per heavy atom. The molecule has 3 heteroatoms. The highest BCUT2D eigenvalue weighted by molar-refractivity contribution is 4.89. The standard InChI is InChI=1S/C13H26N2O/c1-11-6-8-14-10-13(7-9-16)15(11)12-4-2-3-5-12/h11-14,16H,2-10H2,1H3. The molecule has 0 aromatic rings. The smallest absolute Gasteiger partial charge is 0.0446 e. The van der Waals surface area contributed by atoms with Gasteiger partial charge in [-0.25, -0.2) is 0 Å². The number of nitrogens with one attached hydrogen (secondary N) is 1. The summed E-state index contributed by atoms with van der Waals surface area (Å²) in [7, 11) is 0. The van der Waals surface area contributed by atoms with Gasteiger partial charge in [0.05, 0.1) is 0 Å². The lowest BCUT2D eigenvalue weighted by Crippen LogP contribution is -2.49. The molecule has 1 aliphatic heterocycles. The maximum absolute atomic E-state index is 9.20. The Morgan fingerprint density at radius 1 is 1.25 bits per heavy atom. The number of hydrogen-bond acceptors (Lipinski definition) is 3. The van der Waals surface area contributed by atoms with E-state index >= 15 is 0 Å². The average Bonchev–Trinajstić information content (AvgIpc) is 2.72. The summed E-state index contributed by atoms with van der Waals surface area (Å²) < 4.78 is 0. The molecule has 94 valence electrons. The molecular formula is C13H26N2O. The zero-order chi connectivity index (χ0) is 11.4. The van der Waals surface area contributed by atoms with E-state index in [0.717, 1.165) is 25.6 Å². The van der Waals surface area contributed by atoms with E-state index in [9.17, 15) is 5.11 Å². The normalized spacial score (nSPS) is 34.1. The molecule has 0 radical (unpaired) electrons. The lowest BCUT2D eigenvalue weighted by molar-refractivity contribution is 0.0798. The zero-order valence-electron chi connectivity index (χ0n) is 10.5. The van der Waals surface area contributed by atoms with E-state index in [2.05, 4.69) is 17.1 Å². The van der Waals surface area contributed by atoms with Crippen LogP contribution in [0.1, 0.15) is 45.4 Å². The van der Waals surface area contributed by atoms with Crippen LogP contribution in [0.25, 0.3) is 0 Å². The molecule has 3 nitrogen and oxygen atoms in total. The molecule has 1 saturated heterocycles. The van der Waals surface area contributed by atoms with Crippen LogP contribution in [0.15, 0.2) is 0 Å². The van der Waals surface area contributed by atoms with Gasteiger partial charge < -0.3 is 10.4 Å².